The summed E-state index contributed by atoms with van der Waals surface area (Å²) in [6.45, 7) is 1.04. The van der Waals surface area contributed by atoms with Gasteiger partial charge in [-0.3, -0.25) is 0 Å². The maximum atomic E-state index is 6.02. The molecule has 1 aromatic heterocycles. The van der Waals surface area contributed by atoms with E-state index in [4.69, 9.17) is 22.1 Å². The van der Waals surface area contributed by atoms with Crippen molar-refractivity contribution in [2.45, 2.75) is 0 Å². The molecule has 2 aromatic carbocycles. The Morgan fingerprint density at radius 1 is 1.06 bits per heavy atom. The van der Waals surface area contributed by atoms with E-state index in [0.717, 1.165) is 32.6 Å². The molecule has 3 N–H and O–H groups in total. The summed E-state index contributed by atoms with van der Waals surface area (Å²) in [5, 5.41) is 3.02. The quantitative estimate of drug-likeness (QED) is 0.759. The molecule has 0 amide bonds. The Morgan fingerprint density at radius 3 is 2.78 bits per heavy atom. The second-order valence-electron chi connectivity index (χ2n) is 4.16. The maximum Gasteiger partial charge on any atom is 0.121 e. The van der Waals surface area contributed by atoms with Gasteiger partial charge in [-0.25, -0.2) is 0 Å². The molecule has 0 fully saturated rings. The van der Waals surface area contributed by atoms with Gasteiger partial charge in [-0.05, 0) is 30.3 Å². The summed E-state index contributed by atoms with van der Waals surface area (Å²) in [4.78, 5) is 3.35. The molecular formula is C14H13ClN2O. The zero-order valence-corrected chi connectivity index (χ0v) is 10.5. The highest BCUT2D eigenvalue weighted by molar-refractivity contribution is 6.31. The van der Waals surface area contributed by atoms with Crippen LogP contribution in [0, 0.1) is 0 Å². The zero-order valence-electron chi connectivity index (χ0n) is 9.74. The minimum atomic E-state index is 0.514. The van der Waals surface area contributed by atoms with E-state index in [0.29, 0.717) is 13.2 Å². The standard InChI is InChI=1S/C14H13ClN2O/c15-9-1-4-13-12(7-9)11-3-2-10(18-6-5-16)8-14(11)17-13/h1-4,7-8,17H,5-6,16H2. The molecule has 0 atom stereocenters. The van der Waals surface area contributed by atoms with Crippen LogP contribution >= 0.6 is 11.6 Å². The molecule has 3 aromatic rings. The van der Waals surface area contributed by atoms with E-state index in [9.17, 15) is 0 Å². The lowest BCUT2D eigenvalue weighted by molar-refractivity contribution is 0.329. The topological polar surface area (TPSA) is 51.0 Å². The average molecular weight is 261 g/mol. The lowest BCUT2D eigenvalue weighted by Crippen LogP contribution is -2.10. The van der Waals surface area contributed by atoms with Crippen LogP contribution in [0.3, 0.4) is 0 Å². The number of aromatic nitrogens is 1. The molecule has 0 aliphatic heterocycles. The van der Waals surface area contributed by atoms with Gasteiger partial charge in [0, 0.05) is 33.9 Å². The van der Waals surface area contributed by atoms with Gasteiger partial charge in [0.05, 0.1) is 5.52 Å². The van der Waals surface area contributed by atoms with Crippen LogP contribution in [0.1, 0.15) is 0 Å². The first-order valence-corrected chi connectivity index (χ1v) is 6.19. The normalized spacial score (nSPS) is 11.2. The SMILES string of the molecule is NCCOc1ccc2c(c1)[nH]c1ccc(Cl)cc12. The Kier molecular flexibility index (Phi) is 2.86. The fraction of sp³-hybridized carbons (Fsp3) is 0.143. The number of rotatable bonds is 3. The molecule has 3 nitrogen and oxygen atoms in total. The number of ether oxygens (including phenoxy) is 1. The molecule has 1 heterocycles. The van der Waals surface area contributed by atoms with Gasteiger partial charge in [0.25, 0.3) is 0 Å². The number of nitrogens with two attached hydrogens (primary N) is 1. The summed E-state index contributed by atoms with van der Waals surface area (Å²) in [6.07, 6.45) is 0. The number of benzene rings is 2. The van der Waals surface area contributed by atoms with Crippen molar-refractivity contribution in [3.63, 3.8) is 0 Å². The molecule has 3 rings (SSSR count). The van der Waals surface area contributed by atoms with Gasteiger partial charge in [-0.15, -0.1) is 0 Å². The summed E-state index contributed by atoms with van der Waals surface area (Å²) in [5.74, 6) is 0.825. The fourth-order valence-electron chi connectivity index (χ4n) is 2.12. The van der Waals surface area contributed by atoms with Crippen molar-refractivity contribution < 1.29 is 4.74 Å². The van der Waals surface area contributed by atoms with E-state index < -0.39 is 0 Å². The predicted molar refractivity (Wildman–Crippen MR) is 75.4 cm³/mol. The van der Waals surface area contributed by atoms with Crippen molar-refractivity contribution in [1.82, 2.24) is 4.98 Å². The monoisotopic (exact) mass is 260 g/mol. The van der Waals surface area contributed by atoms with Gasteiger partial charge in [0.1, 0.15) is 12.4 Å². The number of nitrogens with one attached hydrogen (secondary N) is 1. The number of halogens is 1. The van der Waals surface area contributed by atoms with E-state index in [1.54, 1.807) is 0 Å². The lowest BCUT2D eigenvalue weighted by Gasteiger charge is -2.03. The molecule has 0 aliphatic carbocycles. The van der Waals surface area contributed by atoms with E-state index in [2.05, 4.69) is 4.98 Å². The Hall–Kier alpha value is -1.71. The third-order valence-corrected chi connectivity index (χ3v) is 3.15. The molecule has 18 heavy (non-hydrogen) atoms. The van der Waals surface area contributed by atoms with E-state index >= 15 is 0 Å². The lowest BCUT2D eigenvalue weighted by atomic mass is 10.1. The average Bonchev–Trinajstić information content (AvgIpc) is 2.73. The largest absolute Gasteiger partial charge is 0.492 e. The molecule has 0 spiro atoms. The van der Waals surface area contributed by atoms with Gasteiger partial charge in [0.2, 0.25) is 0 Å². The third-order valence-electron chi connectivity index (χ3n) is 2.92. The van der Waals surface area contributed by atoms with E-state index in [1.165, 1.54) is 0 Å². The molecule has 4 heteroatoms. The minimum absolute atomic E-state index is 0.514. The number of H-pyrrole nitrogens is 1. The Labute approximate surface area is 109 Å². The number of aromatic amines is 1. The van der Waals surface area contributed by atoms with Crippen LogP contribution in [-0.4, -0.2) is 18.1 Å². The second kappa shape index (κ2) is 4.52. The fourth-order valence-corrected chi connectivity index (χ4v) is 2.29. The summed E-state index contributed by atoms with van der Waals surface area (Å²) < 4.78 is 5.51. The van der Waals surface area contributed by atoms with Crippen LogP contribution in [0.25, 0.3) is 21.8 Å². The maximum absolute atomic E-state index is 6.02. The van der Waals surface area contributed by atoms with Crippen molar-refractivity contribution >= 4 is 33.4 Å². The van der Waals surface area contributed by atoms with Crippen LogP contribution in [0.5, 0.6) is 5.75 Å². The Bertz CT molecular complexity index is 705. The van der Waals surface area contributed by atoms with Crippen molar-refractivity contribution in [2.75, 3.05) is 13.2 Å². The number of fused-ring (bicyclic) bond motifs is 3. The van der Waals surface area contributed by atoms with Gasteiger partial charge < -0.3 is 15.5 Å². The van der Waals surface area contributed by atoms with Crippen LogP contribution in [0.4, 0.5) is 0 Å². The first-order valence-electron chi connectivity index (χ1n) is 5.82. The number of hydrogen-bond acceptors (Lipinski definition) is 2. The third kappa shape index (κ3) is 1.92. The molecular weight excluding hydrogens is 248 g/mol. The first kappa shape index (κ1) is 11.4. The Morgan fingerprint density at radius 2 is 1.94 bits per heavy atom. The molecule has 0 radical (unpaired) electrons. The van der Waals surface area contributed by atoms with Crippen molar-refractivity contribution in [3.05, 3.63) is 41.4 Å². The zero-order chi connectivity index (χ0) is 12.5. The van der Waals surface area contributed by atoms with E-state index in [1.807, 2.05) is 36.4 Å². The van der Waals surface area contributed by atoms with Crippen molar-refractivity contribution in [3.8, 4) is 5.75 Å². The summed E-state index contributed by atoms with van der Waals surface area (Å²) in [7, 11) is 0. The molecule has 0 unspecified atom stereocenters. The summed E-state index contributed by atoms with van der Waals surface area (Å²) >= 11 is 6.02. The highest BCUT2D eigenvalue weighted by Crippen LogP contribution is 2.30. The predicted octanol–water partition coefficient (Wildman–Crippen LogP) is 3.31. The molecule has 0 aliphatic rings. The van der Waals surface area contributed by atoms with Crippen LogP contribution in [-0.2, 0) is 0 Å². The highest BCUT2D eigenvalue weighted by atomic mass is 35.5. The van der Waals surface area contributed by atoms with Gasteiger partial charge >= 0.3 is 0 Å². The van der Waals surface area contributed by atoms with Crippen molar-refractivity contribution in [2.24, 2.45) is 5.73 Å². The first-order chi connectivity index (χ1) is 8.78. The van der Waals surface area contributed by atoms with Crippen LogP contribution < -0.4 is 10.5 Å². The molecule has 0 bridgehead atoms. The molecule has 0 saturated carbocycles. The molecule has 92 valence electrons. The second-order valence-corrected chi connectivity index (χ2v) is 4.60. The number of hydrogen-bond donors (Lipinski definition) is 2. The van der Waals surface area contributed by atoms with Gasteiger partial charge in [-0.2, -0.15) is 0 Å². The van der Waals surface area contributed by atoms with Gasteiger partial charge in [-0.1, -0.05) is 11.6 Å². The van der Waals surface area contributed by atoms with Crippen LogP contribution in [0.2, 0.25) is 5.02 Å². The summed E-state index contributed by atoms with van der Waals surface area (Å²) in [6, 6.07) is 11.8. The van der Waals surface area contributed by atoms with Gasteiger partial charge in [0.15, 0.2) is 0 Å². The molecule has 0 saturated heterocycles. The Balaban J connectivity index is 2.14. The van der Waals surface area contributed by atoms with E-state index in [-0.39, 0.29) is 0 Å². The smallest absolute Gasteiger partial charge is 0.121 e. The van der Waals surface area contributed by atoms with Crippen molar-refractivity contribution in [1.29, 1.82) is 0 Å². The highest BCUT2D eigenvalue weighted by Gasteiger charge is 2.05. The minimum Gasteiger partial charge on any atom is -0.492 e. The van der Waals surface area contributed by atoms with Crippen LogP contribution in [0.15, 0.2) is 36.4 Å². The summed E-state index contributed by atoms with van der Waals surface area (Å²) in [5.41, 5.74) is 7.54.